The molecule has 7 heteroatoms. The molecular weight excluding hydrogens is 263 g/mol. The second-order valence-electron chi connectivity index (χ2n) is 3.93. The first-order valence-electron chi connectivity index (χ1n) is 5.52. The Labute approximate surface area is 113 Å². The van der Waals surface area contributed by atoms with E-state index >= 15 is 0 Å². The first-order chi connectivity index (χ1) is 9.52. The van der Waals surface area contributed by atoms with Gasteiger partial charge in [0.25, 0.3) is 0 Å². The number of nitro groups is 1. The average molecular weight is 272 g/mol. The van der Waals surface area contributed by atoms with Crippen LogP contribution in [0.4, 0.5) is 27.1 Å². The Morgan fingerprint density at radius 1 is 1.30 bits per heavy atom. The van der Waals surface area contributed by atoms with Crippen molar-refractivity contribution in [2.75, 3.05) is 11.1 Å². The van der Waals surface area contributed by atoms with Crippen LogP contribution in [0.3, 0.4) is 0 Å². The molecule has 0 saturated heterocycles. The highest BCUT2D eigenvalue weighted by molar-refractivity contribution is 5.78. The second kappa shape index (κ2) is 5.24. The molecule has 0 radical (unpaired) electrons. The second-order valence-corrected chi connectivity index (χ2v) is 3.93. The fourth-order valence-corrected chi connectivity index (χ4v) is 1.70. The highest BCUT2D eigenvalue weighted by atomic mass is 19.1. The van der Waals surface area contributed by atoms with E-state index in [0.717, 1.165) is 6.07 Å². The molecule has 0 bridgehead atoms. The zero-order valence-corrected chi connectivity index (χ0v) is 10.1. The molecule has 0 aliphatic rings. The number of para-hydroxylation sites is 1. The lowest BCUT2D eigenvalue weighted by atomic mass is 10.2. The number of nitriles is 1. The fourth-order valence-electron chi connectivity index (χ4n) is 1.70. The summed E-state index contributed by atoms with van der Waals surface area (Å²) in [5, 5.41) is 22.2. The Morgan fingerprint density at radius 2 is 2.05 bits per heavy atom. The summed E-state index contributed by atoms with van der Waals surface area (Å²) in [6.07, 6.45) is 0. The SMILES string of the molecule is N#Cc1ccc(Nc2cccc(N)c2[N+](=O)[O-])c(F)c1. The van der Waals surface area contributed by atoms with Gasteiger partial charge in [-0.25, -0.2) is 4.39 Å². The van der Waals surface area contributed by atoms with Crippen LogP contribution in [-0.2, 0) is 0 Å². The number of halogens is 1. The Hall–Kier alpha value is -3.14. The molecule has 20 heavy (non-hydrogen) atoms. The Kier molecular flexibility index (Phi) is 3.48. The molecule has 2 aromatic carbocycles. The van der Waals surface area contributed by atoms with E-state index in [-0.39, 0.29) is 28.3 Å². The molecule has 0 aliphatic carbocycles. The zero-order chi connectivity index (χ0) is 14.7. The van der Waals surface area contributed by atoms with Gasteiger partial charge in [0.05, 0.1) is 22.2 Å². The van der Waals surface area contributed by atoms with Gasteiger partial charge < -0.3 is 11.1 Å². The number of rotatable bonds is 3. The number of benzene rings is 2. The summed E-state index contributed by atoms with van der Waals surface area (Å²) < 4.78 is 13.7. The Bertz CT molecular complexity index is 725. The van der Waals surface area contributed by atoms with Gasteiger partial charge in [0.1, 0.15) is 17.2 Å². The number of nitro benzene ring substituents is 1. The number of nitrogens with one attached hydrogen (secondary N) is 1. The third-order valence-electron chi connectivity index (χ3n) is 2.62. The van der Waals surface area contributed by atoms with Gasteiger partial charge >= 0.3 is 5.69 Å². The van der Waals surface area contributed by atoms with Crippen LogP contribution in [0, 0.1) is 27.3 Å². The van der Waals surface area contributed by atoms with Gasteiger partial charge in [-0.15, -0.1) is 0 Å². The molecule has 0 aliphatic heterocycles. The lowest BCUT2D eigenvalue weighted by molar-refractivity contribution is -0.383. The number of anilines is 3. The monoisotopic (exact) mass is 272 g/mol. The van der Waals surface area contributed by atoms with Gasteiger partial charge in [-0.1, -0.05) is 6.07 Å². The molecular formula is C13H9FN4O2. The summed E-state index contributed by atoms with van der Waals surface area (Å²) in [5.74, 6) is -0.680. The average Bonchev–Trinajstić information content (AvgIpc) is 2.40. The van der Waals surface area contributed by atoms with E-state index in [1.54, 1.807) is 6.07 Å². The van der Waals surface area contributed by atoms with Crippen molar-refractivity contribution in [3.63, 3.8) is 0 Å². The van der Waals surface area contributed by atoms with E-state index in [1.165, 1.54) is 30.3 Å². The topological polar surface area (TPSA) is 105 Å². The lowest BCUT2D eigenvalue weighted by Gasteiger charge is -2.09. The summed E-state index contributed by atoms with van der Waals surface area (Å²) in [6.45, 7) is 0. The molecule has 6 nitrogen and oxygen atoms in total. The van der Waals surface area contributed by atoms with E-state index < -0.39 is 10.7 Å². The van der Waals surface area contributed by atoms with Crippen LogP contribution in [0.2, 0.25) is 0 Å². The molecule has 0 saturated carbocycles. The van der Waals surface area contributed by atoms with Crippen LogP contribution in [0.15, 0.2) is 36.4 Å². The van der Waals surface area contributed by atoms with Crippen molar-refractivity contribution in [2.24, 2.45) is 0 Å². The first kappa shape index (κ1) is 13.3. The smallest absolute Gasteiger partial charge is 0.315 e. The van der Waals surface area contributed by atoms with Crippen molar-refractivity contribution in [3.05, 3.63) is 57.9 Å². The standard InChI is InChI=1S/C13H9FN4O2/c14-9-6-8(7-15)4-5-11(9)17-12-3-1-2-10(16)13(12)18(19)20/h1-6,17H,16H2. The summed E-state index contributed by atoms with van der Waals surface area (Å²) in [4.78, 5) is 10.3. The van der Waals surface area contributed by atoms with E-state index in [0.29, 0.717) is 0 Å². The van der Waals surface area contributed by atoms with E-state index in [9.17, 15) is 14.5 Å². The molecule has 0 amide bonds. The maximum absolute atomic E-state index is 13.7. The predicted molar refractivity (Wildman–Crippen MR) is 71.9 cm³/mol. The number of nitrogens with two attached hydrogens (primary N) is 1. The molecule has 0 aromatic heterocycles. The third kappa shape index (κ3) is 2.49. The molecule has 0 spiro atoms. The molecule has 100 valence electrons. The maximum Gasteiger partial charge on any atom is 0.315 e. The Morgan fingerprint density at radius 3 is 2.65 bits per heavy atom. The summed E-state index contributed by atoms with van der Waals surface area (Å²) in [5.41, 5.74) is 5.47. The van der Waals surface area contributed by atoms with Gasteiger partial charge in [-0.2, -0.15) is 5.26 Å². The third-order valence-corrected chi connectivity index (χ3v) is 2.62. The minimum atomic E-state index is -0.680. The van der Waals surface area contributed by atoms with Crippen molar-refractivity contribution >= 4 is 22.7 Å². The first-order valence-corrected chi connectivity index (χ1v) is 5.52. The maximum atomic E-state index is 13.7. The predicted octanol–water partition coefficient (Wildman–Crippen LogP) is 2.93. The number of hydrogen-bond acceptors (Lipinski definition) is 5. The molecule has 0 fully saturated rings. The number of hydrogen-bond donors (Lipinski definition) is 2. The minimum Gasteiger partial charge on any atom is -0.393 e. The lowest BCUT2D eigenvalue weighted by Crippen LogP contribution is -2.02. The fraction of sp³-hybridized carbons (Fsp3) is 0. The van der Waals surface area contributed by atoms with Gasteiger partial charge in [0.15, 0.2) is 0 Å². The molecule has 2 aromatic rings. The van der Waals surface area contributed by atoms with Crippen LogP contribution < -0.4 is 11.1 Å². The zero-order valence-electron chi connectivity index (χ0n) is 10.1. The van der Waals surface area contributed by atoms with Crippen LogP contribution >= 0.6 is 0 Å². The van der Waals surface area contributed by atoms with E-state index in [2.05, 4.69) is 5.32 Å². The van der Waals surface area contributed by atoms with Crippen LogP contribution in [-0.4, -0.2) is 4.92 Å². The van der Waals surface area contributed by atoms with Crippen molar-refractivity contribution < 1.29 is 9.31 Å². The molecule has 0 unspecified atom stereocenters. The van der Waals surface area contributed by atoms with Crippen LogP contribution in [0.25, 0.3) is 0 Å². The quantitative estimate of drug-likeness (QED) is 0.507. The highest BCUT2D eigenvalue weighted by Gasteiger charge is 2.18. The van der Waals surface area contributed by atoms with Gasteiger partial charge in [-0.05, 0) is 30.3 Å². The van der Waals surface area contributed by atoms with Crippen LogP contribution in [0.1, 0.15) is 5.56 Å². The van der Waals surface area contributed by atoms with Crippen LogP contribution in [0.5, 0.6) is 0 Å². The number of nitrogen functional groups attached to an aromatic ring is 1. The molecule has 3 N–H and O–H groups in total. The summed E-state index contributed by atoms with van der Waals surface area (Å²) >= 11 is 0. The molecule has 0 heterocycles. The van der Waals surface area contributed by atoms with Gasteiger partial charge in [0.2, 0.25) is 0 Å². The number of nitrogens with zero attached hydrogens (tertiary/aromatic N) is 2. The van der Waals surface area contributed by atoms with E-state index in [1.807, 2.05) is 0 Å². The van der Waals surface area contributed by atoms with Gasteiger partial charge in [0, 0.05) is 0 Å². The van der Waals surface area contributed by atoms with Crippen molar-refractivity contribution in [1.29, 1.82) is 5.26 Å². The van der Waals surface area contributed by atoms with Crippen molar-refractivity contribution in [3.8, 4) is 6.07 Å². The normalized spacial score (nSPS) is 9.80. The molecule has 0 atom stereocenters. The summed E-state index contributed by atoms with van der Waals surface area (Å²) in [6, 6.07) is 9.91. The summed E-state index contributed by atoms with van der Waals surface area (Å²) in [7, 11) is 0. The highest BCUT2D eigenvalue weighted by Crippen LogP contribution is 2.33. The largest absolute Gasteiger partial charge is 0.393 e. The van der Waals surface area contributed by atoms with Crippen molar-refractivity contribution in [1.82, 2.24) is 0 Å². The minimum absolute atomic E-state index is 0.0194. The van der Waals surface area contributed by atoms with E-state index in [4.69, 9.17) is 11.0 Å². The van der Waals surface area contributed by atoms with Crippen molar-refractivity contribution in [2.45, 2.75) is 0 Å². The Balaban J connectivity index is 2.43. The van der Waals surface area contributed by atoms with Gasteiger partial charge in [-0.3, -0.25) is 10.1 Å². The molecule has 2 rings (SSSR count).